The summed E-state index contributed by atoms with van der Waals surface area (Å²) in [6, 6.07) is 10.6. The molecule has 2 rings (SSSR count). The molecule has 2 aromatic carbocycles. The minimum Gasteiger partial charge on any atom is -0.316 e. The molecule has 0 radical (unpaired) electrons. The number of halogens is 1. The van der Waals surface area contributed by atoms with Crippen molar-refractivity contribution < 1.29 is 14.1 Å². The molecule has 0 heterocycles. The zero-order valence-corrected chi connectivity index (χ0v) is 10.5. The molecule has 104 valence electrons. The third-order valence-corrected chi connectivity index (χ3v) is 2.69. The number of nitro groups is 1. The Hall–Kier alpha value is -3.27. The number of benzene rings is 2. The van der Waals surface area contributed by atoms with E-state index in [0.717, 1.165) is 12.1 Å². The zero-order chi connectivity index (χ0) is 15.4. The highest BCUT2D eigenvalue weighted by molar-refractivity contribution is 6.05. The highest BCUT2D eigenvalue weighted by Gasteiger charge is 2.19. The second kappa shape index (κ2) is 5.79. The molecule has 0 fully saturated rings. The predicted octanol–water partition coefficient (Wildman–Crippen LogP) is 2.86. The summed E-state index contributed by atoms with van der Waals surface area (Å²) in [5.41, 5.74) is -0.673. The average Bonchev–Trinajstić information content (AvgIpc) is 2.47. The van der Waals surface area contributed by atoms with Crippen molar-refractivity contribution >= 4 is 17.3 Å². The van der Waals surface area contributed by atoms with E-state index in [2.05, 4.69) is 5.32 Å². The van der Waals surface area contributed by atoms with Gasteiger partial charge in [-0.15, -0.1) is 0 Å². The van der Waals surface area contributed by atoms with Gasteiger partial charge in [-0.05, 0) is 24.3 Å². The van der Waals surface area contributed by atoms with Crippen LogP contribution in [0.15, 0.2) is 42.5 Å². The Kier molecular flexibility index (Phi) is 3.90. The molecule has 0 saturated heterocycles. The Balaban J connectivity index is 2.36. The fourth-order valence-electron chi connectivity index (χ4n) is 1.69. The summed E-state index contributed by atoms with van der Waals surface area (Å²) in [7, 11) is 0. The zero-order valence-electron chi connectivity index (χ0n) is 10.5. The summed E-state index contributed by atoms with van der Waals surface area (Å²) in [6.07, 6.45) is 0. The van der Waals surface area contributed by atoms with Crippen molar-refractivity contribution in [3.63, 3.8) is 0 Å². The van der Waals surface area contributed by atoms with Crippen molar-refractivity contribution in [2.24, 2.45) is 0 Å². The number of nitriles is 1. The van der Waals surface area contributed by atoms with E-state index in [1.807, 2.05) is 0 Å². The summed E-state index contributed by atoms with van der Waals surface area (Å²) in [4.78, 5) is 22.1. The van der Waals surface area contributed by atoms with Crippen LogP contribution in [0.5, 0.6) is 0 Å². The van der Waals surface area contributed by atoms with E-state index >= 15 is 0 Å². The normalized spacial score (nSPS) is 9.71. The van der Waals surface area contributed by atoms with Gasteiger partial charge in [-0.1, -0.05) is 12.1 Å². The highest BCUT2D eigenvalue weighted by atomic mass is 19.1. The smallest absolute Gasteiger partial charge is 0.294 e. The van der Waals surface area contributed by atoms with Gasteiger partial charge in [0.05, 0.1) is 22.1 Å². The van der Waals surface area contributed by atoms with Gasteiger partial charge in [0, 0.05) is 6.07 Å². The van der Waals surface area contributed by atoms with Gasteiger partial charge >= 0.3 is 0 Å². The summed E-state index contributed by atoms with van der Waals surface area (Å²) in [6.45, 7) is 0. The number of carbonyl (C=O) groups excluding carboxylic acids is 1. The van der Waals surface area contributed by atoms with Gasteiger partial charge in [0.15, 0.2) is 0 Å². The minimum absolute atomic E-state index is 0.0885. The number of rotatable bonds is 3. The largest absolute Gasteiger partial charge is 0.316 e. The van der Waals surface area contributed by atoms with Gasteiger partial charge in [0.2, 0.25) is 0 Å². The molecule has 2 aromatic rings. The van der Waals surface area contributed by atoms with Crippen LogP contribution in [-0.2, 0) is 0 Å². The number of hydrogen-bond donors (Lipinski definition) is 1. The van der Waals surface area contributed by atoms with E-state index < -0.39 is 22.3 Å². The lowest BCUT2D eigenvalue weighted by molar-refractivity contribution is -0.383. The molecule has 0 aliphatic rings. The predicted molar refractivity (Wildman–Crippen MR) is 72.2 cm³/mol. The number of hydrogen-bond acceptors (Lipinski definition) is 4. The van der Waals surface area contributed by atoms with Crippen LogP contribution in [0, 0.1) is 27.3 Å². The summed E-state index contributed by atoms with van der Waals surface area (Å²) >= 11 is 0. The standard InChI is InChI=1S/C14H8FN3O3/c15-11-4-2-1-3-10(11)14(19)17-12-6-5-9(8-16)7-13(12)18(20)21/h1-7H,(H,17,19). The van der Waals surface area contributed by atoms with Crippen molar-refractivity contribution in [2.45, 2.75) is 0 Å². The van der Waals surface area contributed by atoms with Gasteiger partial charge in [0.1, 0.15) is 11.5 Å². The molecule has 7 heteroatoms. The van der Waals surface area contributed by atoms with E-state index in [4.69, 9.17) is 5.26 Å². The van der Waals surface area contributed by atoms with Gasteiger partial charge in [0.25, 0.3) is 11.6 Å². The quantitative estimate of drug-likeness (QED) is 0.692. The van der Waals surface area contributed by atoms with Gasteiger partial charge in [-0.2, -0.15) is 5.26 Å². The lowest BCUT2D eigenvalue weighted by Crippen LogP contribution is -2.14. The highest BCUT2D eigenvalue weighted by Crippen LogP contribution is 2.26. The molecule has 21 heavy (non-hydrogen) atoms. The SMILES string of the molecule is N#Cc1ccc(NC(=O)c2ccccc2F)c([N+](=O)[O-])c1. The molecule has 6 nitrogen and oxygen atoms in total. The van der Waals surface area contributed by atoms with Crippen LogP contribution in [0.2, 0.25) is 0 Å². The molecule has 0 aromatic heterocycles. The Morgan fingerprint density at radius 2 is 2.00 bits per heavy atom. The fourth-order valence-corrected chi connectivity index (χ4v) is 1.69. The van der Waals surface area contributed by atoms with Crippen LogP contribution >= 0.6 is 0 Å². The topological polar surface area (TPSA) is 96.0 Å². The molecule has 0 aliphatic carbocycles. The molecule has 0 bridgehead atoms. The van der Waals surface area contributed by atoms with Gasteiger partial charge < -0.3 is 5.32 Å². The first-order chi connectivity index (χ1) is 10.0. The van der Waals surface area contributed by atoms with Crippen molar-refractivity contribution in [1.29, 1.82) is 5.26 Å². The Bertz CT molecular complexity index is 768. The van der Waals surface area contributed by atoms with E-state index in [0.29, 0.717) is 0 Å². The van der Waals surface area contributed by atoms with E-state index in [-0.39, 0.29) is 16.8 Å². The van der Waals surface area contributed by atoms with Crippen molar-refractivity contribution in [3.8, 4) is 6.07 Å². The number of anilines is 1. The minimum atomic E-state index is -0.805. The molecule has 0 spiro atoms. The van der Waals surface area contributed by atoms with Crippen LogP contribution in [0.3, 0.4) is 0 Å². The molecular weight excluding hydrogens is 277 g/mol. The average molecular weight is 285 g/mol. The number of amides is 1. The molecule has 1 N–H and O–H groups in total. The molecule has 1 amide bonds. The second-order valence-electron chi connectivity index (χ2n) is 4.03. The third kappa shape index (κ3) is 3.01. The first-order valence-corrected chi connectivity index (χ1v) is 5.77. The maximum atomic E-state index is 13.5. The van der Waals surface area contributed by atoms with Gasteiger partial charge in [-0.25, -0.2) is 4.39 Å². The Labute approximate surface area is 118 Å². The first kappa shape index (κ1) is 14.1. The van der Waals surface area contributed by atoms with Crippen LogP contribution in [-0.4, -0.2) is 10.8 Å². The van der Waals surface area contributed by atoms with Crippen molar-refractivity contribution in [2.75, 3.05) is 5.32 Å². The molecule has 0 aliphatic heterocycles. The van der Waals surface area contributed by atoms with Crippen molar-refractivity contribution in [3.05, 3.63) is 69.5 Å². The summed E-state index contributed by atoms with van der Waals surface area (Å²) in [5.74, 6) is -1.53. The third-order valence-electron chi connectivity index (χ3n) is 2.69. The van der Waals surface area contributed by atoms with Gasteiger partial charge in [-0.3, -0.25) is 14.9 Å². The molecule has 0 unspecified atom stereocenters. The second-order valence-corrected chi connectivity index (χ2v) is 4.03. The maximum absolute atomic E-state index is 13.5. The van der Waals surface area contributed by atoms with Crippen LogP contribution < -0.4 is 5.32 Å². The maximum Gasteiger partial charge on any atom is 0.294 e. The molecule has 0 atom stereocenters. The Morgan fingerprint density at radius 3 is 2.62 bits per heavy atom. The first-order valence-electron chi connectivity index (χ1n) is 5.77. The number of nitro benzene ring substituents is 1. The molecular formula is C14H8FN3O3. The lowest BCUT2D eigenvalue weighted by atomic mass is 10.1. The van der Waals surface area contributed by atoms with Crippen LogP contribution in [0.4, 0.5) is 15.8 Å². The van der Waals surface area contributed by atoms with Crippen LogP contribution in [0.25, 0.3) is 0 Å². The summed E-state index contributed by atoms with van der Waals surface area (Å²) in [5, 5.41) is 21.9. The van der Waals surface area contributed by atoms with Crippen molar-refractivity contribution in [1.82, 2.24) is 0 Å². The monoisotopic (exact) mass is 285 g/mol. The van der Waals surface area contributed by atoms with E-state index in [9.17, 15) is 19.3 Å². The number of nitrogens with zero attached hydrogens (tertiary/aromatic N) is 2. The Morgan fingerprint density at radius 1 is 1.29 bits per heavy atom. The van der Waals surface area contributed by atoms with E-state index in [1.54, 1.807) is 6.07 Å². The summed E-state index contributed by atoms with van der Waals surface area (Å²) < 4.78 is 13.5. The lowest BCUT2D eigenvalue weighted by Gasteiger charge is -2.07. The fraction of sp³-hybridized carbons (Fsp3) is 0. The number of nitrogens with one attached hydrogen (secondary N) is 1. The molecule has 0 saturated carbocycles. The van der Waals surface area contributed by atoms with E-state index in [1.165, 1.54) is 30.3 Å². The van der Waals surface area contributed by atoms with Crippen LogP contribution in [0.1, 0.15) is 15.9 Å². The number of carbonyl (C=O) groups is 1.